The standard InChI is InChI=1S/C33H38N2O3Si/c1-25-30(21-31(36)35(5)34-25)37-24-33(26-15-9-6-10-16-26)22-27(33)23-38-39(32(2,3)4,28-17-11-7-12-18-28)29-19-13-8-14-20-29/h6-21,27H,22-24H2,1-5H3/t27-,33+/m0/s1. The summed E-state index contributed by atoms with van der Waals surface area (Å²) in [5.74, 6) is 0.841. The van der Waals surface area contributed by atoms with Crippen LogP contribution in [-0.4, -0.2) is 31.3 Å². The molecule has 1 saturated carbocycles. The lowest BCUT2D eigenvalue weighted by Gasteiger charge is -2.43. The average molecular weight is 539 g/mol. The molecule has 0 saturated heterocycles. The van der Waals surface area contributed by atoms with E-state index >= 15 is 0 Å². The topological polar surface area (TPSA) is 53.4 Å². The zero-order chi connectivity index (χ0) is 27.7. The third kappa shape index (κ3) is 5.11. The lowest BCUT2D eigenvalue weighted by Crippen LogP contribution is -2.66. The van der Waals surface area contributed by atoms with Crippen LogP contribution in [0.1, 0.15) is 38.4 Å². The molecule has 6 heteroatoms. The molecule has 0 N–H and O–H groups in total. The van der Waals surface area contributed by atoms with Crippen molar-refractivity contribution < 1.29 is 9.16 Å². The Kier molecular flexibility index (Phi) is 7.36. The molecule has 1 aliphatic carbocycles. The van der Waals surface area contributed by atoms with Crippen LogP contribution in [0, 0.1) is 12.8 Å². The quantitative estimate of drug-likeness (QED) is 0.282. The molecule has 0 aliphatic heterocycles. The Bertz CT molecular complexity index is 1430. The van der Waals surface area contributed by atoms with Crippen LogP contribution >= 0.6 is 0 Å². The first kappa shape index (κ1) is 27.1. The Morgan fingerprint density at radius 1 is 0.923 bits per heavy atom. The van der Waals surface area contributed by atoms with Gasteiger partial charge in [0, 0.05) is 25.1 Å². The minimum Gasteiger partial charge on any atom is -0.490 e. The van der Waals surface area contributed by atoms with Gasteiger partial charge in [-0.2, -0.15) is 5.10 Å². The van der Waals surface area contributed by atoms with Gasteiger partial charge in [0.1, 0.15) is 11.4 Å². The maximum Gasteiger partial charge on any atom is 0.270 e. The molecule has 0 radical (unpaired) electrons. The lowest BCUT2D eigenvalue weighted by atomic mass is 9.94. The number of rotatable bonds is 9. The Labute approximate surface area is 232 Å². The molecule has 0 amide bonds. The van der Waals surface area contributed by atoms with Crippen LogP contribution in [0.3, 0.4) is 0 Å². The van der Waals surface area contributed by atoms with Gasteiger partial charge < -0.3 is 9.16 Å². The number of aromatic nitrogens is 2. The monoisotopic (exact) mass is 538 g/mol. The van der Waals surface area contributed by atoms with Gasteiger partial charge in [0.05, 0.1) is 6.61 Å². The van der Waals surface area contributed by atoms with Crippen LogP contribution in [0.25, 0.3) is 0 Å². The van der Waals surface area contributed by atoms with Crippen molar-refractivity contribution in [3.05, 3.63) is 119 Å². The molecule has 5 rings (SSSR count). The SMILES string of the molecule is Cc1nn(C)c(=O)cc1OC[C@@]1(c2ccccc2)C[C@H]1CO[Si](c1ccccc1)(c1ccccc1)C(C)(C)C. The number of hydrogen-bond acceptors (Lipinski definition) is 4. The first-order valence-corrected chi connectivity index (χ1v) is 15.6. The molecule has 5 nitrogen and oxygen atoms in total. The van der Waals surface area contributed by atoms with E-state index in [1.165, 1.54) is 26.7 Å². The summed E-state index contributed by atoms with van der Waals surface area (Å²) in [5.41, 5.74) is 1.60. The second-order valence-electron chi connectivity index (χ2n) is 11.7. The van der Waals surface area contributed by atoms with E-state index in [1.807, 2.05) is 13.0 Å². The van der Waals surface area contributed by atoms with Crippen molar-refractivity contribution in [3.8, 4) is 5.75 Å². The van der Waals surface area contributed by atoms with Gasteiger partial charge in [0.2, 0.25) is 0 Å². The minimum atomic E-state index is -2.64. The van der Waals surface area contributed by atoms with E-state index < -0.39 is 8.32 Å². The molecular formula is C33H38N2O3Si. The normalized spacial score (nSPS) is 19.1. The third-order valence-corrected chi connectivity index (χ3v) is 13.2. The van der Waals surface area contributed by atoms with Crippen molar-refractivity contribution in [3.63, 3.8) is 0 Å². The summed E-state index contributed by atoms with van der Waals surface area (Å²) in [6.45, 7) is 9.92. The predicted molar refractivity (Wildman–Crippen MR) is 160 cm³/mol. The Balaban J connectivity index is 1.47. The zero-order valence-electron chi connectivity index (χ0n) is 23.6. The molecule has 1 fully saturated rings. The first-order valence-electron chi connectivity index (χ1n) is 13.7. The summed E-state index contributed by atoms with van der Waals surface area (Å²) in [7, 11) is -0.984. The van der Waals surface area contributed by atoms with Crippen molar-refractivity contribution in [1.82, 2.24) is 9.78 Å². The fourth-order valence-corrected chi connectivity index (χ4v) is 10.6. The number of hydrogen-bond donors (Lipinski definition) is 0. The van der Waals surface area contributed by atoms with Crippen LogP contribution in [0.5, 0.6) is 5.75 Å². The van der Waals surface area contributed by atoms with Crippen molar-refractivity contribution in [2.75, 3.05) is 13.2 Å². The van der Waals surface area contributed by atoms with Crippen LogP contribution < -0.4 is 20.7 Å². The van der Waals surface area contributed by atoms with Crippen molar-refractivity contribution in [2.24, 2.45) is 13.0 Å². The molecule has 1 aromatic heterocycles. The van der Waals surface area contributed by atoms with E-state index in [-0.39, 0.29) is 16.0 Å². The van der Waals surface area contributed by atoms with Crippen molar-refractivity contribution in [2.45, 2.75) is 44.6 Å². The molecule has 202 valence electrons. The summed E-state index contributed by atoms with van der Waals surface area (Å²) in [6, 6.07) is 33.7. The summed E-state index contributed by atoms with van der Waals surface area (Å²) < 4.78 is 15.0. The first-order chi connectivity index (χ1) is 18.7. The molecule has 1 aliphatic rings. The molecule has 1 heterocycles. The highest BCUT2D eigenvalue weighted by atomic mass is 28.4. The molecule has 3 aromatic carbocycles. The number of benzene rings is 3. The van der Waals surface area contributed by atoms with E-state index in [9.17, 15) is 4.79 Å². The van der Waals surface area contributed by atoms with E-state index in [0.717, 1.165) is 6.42 Å². The zero-order valence-corrected chi connectivity index (χ0v) is 24.6. The highest BCUT2D eigenvalue weighted by molar-refractivity contribution is 6.99. The van der Waals surface area contributed by atoms with E-state index in [4.69, 9.17) is 9.16 Å². The molecule has 0 unspecified atom stereocenters. The highest BCUT2D eigenvalue weighted by Crippen LogP contribution is 2.55. The number of aryl methyl sites for hydroxylation is 2. The van der Waals surface area contributed by atoms with E-state index in [2.05, 4.69) is 111 Å². The van der Waals surface area contributed by atoms with Gasteiger partial charge in [-0.25, -0.2) is 4.68 Å². The van der Waals surface area contributed by atoms with Gasteiger partial charge >= 0.3 is 0 Å². The minimum absolute atomic E-state index is 0.0800. The van der Waals surface area contributed by atoms with E-state index in [1.54, 1.807) is 7.05 Å². The van der Waals surface area contributed by atoms with Gasteiger partial charge in [-0.15, -0.1) is 0 Å². The number of ether oxygens (including phenoxy) is 1. The molecule has 39 heavy (non-hydrogen) atoms. The van der Waals surface area contributed by atoms with Gasteiger partial charge in [-0.3, -0.25) is 4.79 Å². The van der Waals surface area contributed by atoms with Crippen molar-refractivity contribution in [1.29, 1.82) is 0 Å². The second-order valence-corrected chi connectivity index (χ2v) is 16.0. The molecule has 2 atom stereocenters. The predicted octanol–water partition coefficient (Wildman–Crippen LogP) is 5.00. The smallest absolute Gasteiger partial charge is 0.270 e. The van der Waals surface area contributed by atoms with Gasteiger partial charge in [0.25, 0.3) is 13.9 Å². The third-order valence-electron chi connectivity index (χ3n) is 8.21. The fraction of sp³-hybridized carbons (Fsp3) is 0.333. The summed E-state index contributed by atoms with van der Waals surface area (Å²) in [5, 5.41) is 6.80. The molecule has 0 spiro atoms. The average Bonchev–Trinajstić information content (AvgIpc) is 3.65. The van der Waals surface area contributed by atoms with Crippen LogP contribution in [-0.2, 0) is 16.9 Å². The highest BCUT2D eigenvalue weighted by Gasteiger charge is 2.58. The van der Waals surface area contributed by atoms with Crippen LogP contribution in [0.4, 0.5) is 0 Å². The summed E-state index contributed by atoms with van der Waals surface area (Å²) >= 11 is 0. The van der Waals surface area contributed by atoms with Gasteiger partial charge in [-0.05, 0) is 40.2 Å². The largest absolute Gasteiger partial charge is 0.490 e. The fourth-order valence-electron chi connectivity index (χ4n) is 5.96. The van der Waals surface area contributed by atoms with E-state index in [0.29, 0.717) is 30.6 Å². The molecule has 0 bridgehead atoms. The Hall–Kier alpha value is -3.48. The maximum absolute atomic E-state index is 12.2. The van der Waals surface area contributed by atoms with Crippen LogP contribution in [0.2, 0.25) is 5.04 Å². The second kappa shape index (κ2) is 10.6. The summed E-state index contributed by atoms with van der Waals surface area (Å²) in [4.78, 5) is 12.2. The van der Waals surface area contributed by atoms with Crippen molar-refractivity contribution >= 4 is 18.7 Å². The molecular weight excluding hydrogens is 500 g/mol. The number of nitrogens with zero attached hydrogens (tertiary/aromatic N) is 2. The Morgan fingerprint density at radius 3 is 2.00 bits per heavy atom. The van der Waals surface area contributed by atoms with Gasteiger partial charge in [-0.1, -0.05) is 112 Å². The summed E-state index contributed by atoms with van der Waals surface area (Å²) in [6.07, 6.45) is 0.965. The lowest BCUT2D eigenvalue weighted by molar-refractivity contribution is 0.228. The Morgan fingerprint density at radius 2 is 1.46 bits per heavy atom. The van der Waals surface area contributed by atoms with Crippen LogP contribution in [0.15, 0.2) is 102 Å². The maximum atomic E-state index is 12.2. The van der Waals surface area contributed by atoms with Gasteiger partial charge in [0.15, 0.2) is 0 Å². The molecule has 4 aromatic rings.